The lowest BCUT2D eigenvalue weighted by Gasteiger charge is -2.29. The quantitative estimate of drug-likeness (QED) is 0.605. The number of rotatable bonds is 7. The van der Waals surface area contributed by atoms with Gasteiger partial charge < -0.3 is 5.32 Å². The molecule has 0 saturated carbocycles. The summed E-state index contributed by atoms with van der Waals surface area (Å²) in [7, 11) is 0. The van der Waals surface area contributed by atoms with Crippen LogP contribution in [0.4, 0.5) is 0 Å². The first-order valence-corrected chi connectivity index (χ1v) is 11.6. The van der Waals surface area contributed by atoms with Crippen molar-refractivity contribution < 1.29 is 4.79 Å². The van der Waals surface area contributed by atoms with Crippen LogP contribution in [0.5, 0.6) is 0 Å². The highest BCUT2D eigenvalue weighted by Crippen LogP contribution is 2.20. The number of carbonyl (C=O) groups is 1. The smallest absolute Gasteiger partial charge is 0.257 e. The van der Waals surface area contributed by atoms with Gasteiger partial charge in [-0.05, 0) is 24.5 Å². The number of amides is 1. The van der Waals surface area contributed by atoms with Crippen molar-refractivity contribution in [3.8, 4) is 0 Å². The van der Waals surface area contributed by atoms with Gasteiger partial charge in [-0.2, -0.15) is 0 Å². The standard InChI is InChI=1S/C27H32N4O2/c1-19(2)26-29-24-17-30(16-22-7-5-4-6-8-22)14-13-23(24)27(33)31(26)18-25(32)28-15-21-11-9-20(3)10-12-21/h4-12,19H,13-18H2,1-3H3,(H,28,32). The van der Waals surface area contributed by atoms with Gasteiger partial charge >= 0.3 is 0 Å². The second-order valence-electron chi connectivity index (χ2n) is 9.15. The zero-order valence-electron chi connectivity index (χ0n) is 19.7. The fourth-order valence-corrected chi connectivity index (χ4v) is 4.28. The Balaban J connectivity index is 1.50. The van der Waals surface area contributed by atoms with Gasteiger partial charge in [-0.25, -0.2) is 4.98 Å². The van der Waals surface area contributed by atoms with Crippen LogP contribution in [0.3, 0.4) is 0 Å². The molecule has 6 heteroatoms. The first kappa shape index (κ1) is 22.9. The van der Waals surface area contributed by atoms with E-state index in [0.29, 0.717) is 25.3 Å². The van der Waals surface area contributed by atoms with Crippen molar-refractivity contribution in [2.75, 3.05) is 6.54 Å². The minimum absolute atomic E-state index is 0.00772. The van der Waals surface area contributed by atoms with E-state index in [2.05, 4.69) is 22.3 Å². The SMILES string of the molecule is Cc1ccc(CNC(=O)Cn2c(C(C)C)nc3c(c2=O)CCN(Cc2ccccc2)C3)cc1. The molecule has 33 heavy (non-hydrogen) atoms. The zero-order chi connectivity index (χ0) is 23.4. The predicted octanol–water partition coefficient (Wildman–Crippen LogP) is 3.55. The molecule has 0 spiro atoms. The summed E-state index contributed by atoms with van der Waals surface area (Å²) in [5.74, 6) is 0.533. The van der Waals surface area contributed by atoms with Crippen molar-refractivity contribution in [2.45, 2.75) is 59.3 Å². The van der Waals surface area contributed by atoms with E-state index < -0.39 is 0 Å². The first-order valence-electron chi connectivity index (χ1n) is 11.6. The molecule has 1 aliphatic heterocycles. The van der Waals surface area contributed by atoms with Crippen LogP contribution in [-0.2, 0) is 37.4 Å². The third kappa shape index (κ3) is 5.57. The van der Waals surface area contributed by atoms with E-state index in [-0.39, 0.29) is 23.9 Å². The predicted molar refractivity (Wildman–Crippen MR) is 130 cm³/mol. The Morgan fingerprint density at radius 2 is 1.79 bits per heavy atom. The largest absolute Gasteiger partial charge is 0.350 e. The summed E-state index contributed by atoms with van der Waals surface area (Å²) in [4.78, 5) is 33.3. The second-order valence-corrected chi connectivity index (χ2v) is 9.15. The summed E-state index contributed by atoms with van der Waals surface area (Å²) in [5.41, 5.74) is 4.99. The molecule has 2 aromatic carbocycles. The fraction of sp³-hybridized carbons (Fsp3) is 0.370. The van der Waals surface area contributed by atoms with Crippen molar-refractivity contribution in [3.05, 3.63) is 98.7 Å². The van der Waals surface area contributed by atoms with Gasteiger partial charge in [0.15, 0.2) is 0 Å². The van der Waals surface area contributed by atoms with Gasteiger partial charge in [-0.1, -0.05) is 74.0 Å². The van der Waals surface area contributed by atoms with Crippen LogP contribution in [0.2, 0.25) is 0 Å². The molecule has 0 fully saturated rings. The van der Waals surface area contributed by atoms with Gasteiger partial charge in [0.05, 0.1) is 5.69 Å². The summed E-state index contributed by atoms with van der Waals surface area (Å²) in [5, 5.41) is 2.94. The van der Waals surface area contributed by atoms with Crippen LogP contribution in [0.1, 0.15) is 53.5 Å². The van der Waals surface area contributed by atoms with Crippen molar-refractivity contribution in [2.24, 2.45) is 0 Å². The van der Waals surface area contributed by atoms with Crippen LogP contribution in [0.25, 0.3) is 0 Å². The highest BCUT2D eigenvalue weighted by atomic mass is 16.2. The Bertz CT molecular complexity index is 1170. The van der Waals surface area contributed by atoms with E-state index in [1.807, 2.05) is 63.2 Å². The number of hydrogen-bond donors (Lipinski definition) is 1. The molecule has 6 nitrogen and oxygen atoms in total. The molecule has 0 radical (unpaired) electrons. The Morgan fingerprint density at radius 1 is 1.06 bits per heavy atom. The highest BCUT2D eigenvalue weighted by Gasteiger charge is 2.25. The van der Waals surface area contributed by atoms with Crippen LogP contribution >= 0.6 is 0 Å². The third-order valence-electron chi connectivity index (χ3n) is 6.11. The minimum Gasteiger partial charge on any atom is -0.350 e. The minimum atomic E-state index is -0.178. The monoisotopic (exact) mass is 444 g/mol. The van der Waals surface area contributed by atoms with Crippen molar-refractivity contribution >= 4 is 5.91 Å². The third-order valence-corrected chi connectivity index (χ3v) is 6.11. The average Bonchev–Trinajstić information content (AvgIpc) is 2.81. The first-order chi connectivity index (χ1) is 15.9. The van der Waals surface area contributed by atoms with Crippen molar-refractivity contribution in [3.63, 3.8) is 0 Å². The van der Waals surface area contributed by atoms with E-state index in [0.717, 1.165) is 29.9 Å². The van der Waals surface area contributed by atoms with Crippen LogP contribution < -0.4 is 10.9 Å². The van der Waals surface area contributed by atoms with Gasteiger partial charge in [0.2, 0.25) is 5.91 Å². The molecule has 0 aliphatic carbocycles. The van der Waals surface area contributed by atoms with Crippen LogP contribution in [-0.4, -0.2) is 26.9 Å². The van der Waals surface area contributed by atoms with E-state index in [9.17, 15) is 9.59 Å². The van der Waals surface area contributed by atoms with Gasteiger partial charge in [0.25, 0.3) is 5.56 Å². The topological polar surface area (TPSA) is 67.2 Å². The Morgan fingerprint density at radius 3 is 2.48 bits per heavy atom. The van der Waals surface area contributed by atoms with Crippen molar-refractivity contribution in [1.82, 2.24) is 19.8 Å². The number of carbonyl (C=O) groups excluding carboxylic acids is 1. The molecule has 1 aromatic heterocycles. The van der Waals surface area contributed by atoms with Crippen LogP contribution in [0.15, 0.2) is 59.4 Å². The van der Waals surface area contributed by atoms with Gasteiger partial charge in [-0.15, -0.1) is 0 Å². The molecule has 1 amide bonds. The summed E-state index contributed by atoms with van der Waals surface area (Å²) >= 11 is 0. The molecule has 1 aliphatic rings. The lowest BCUT2D eigenvalue weighted by Crippen LogP contribution is -2.41. The molecular formula is C27H32N4O2. The molecule has 172 valence electrons. The maximum atomic E-state index is 13.4. The molecule has 0 bridgehead atoms. The number of fused-ring (bicyclic) bond motifs is 1. The lowest BCUT2D eigenvalue weighted by atomic mass is 10.0. The maximum absolute atomic E-state index is 13.4. The summed E-state index contributed by atoms with van der Waals surface area (Å²) in [6.07, 6.45) is 0.650. The molecular weight excluding hydrogens is 412 g/mol. The fourth-order valence-electron chi connectivity index (χ4n) is 4.28. The highest BCUT2D eigenvalue weighted by molar-refractivity contribution is 5.75. The number of aromatic nitrogens is 2. The summed E-state index contributed by atoms with van der Waals surface area (Å²) in [6, 6.07) is 18.4. The van der Waals surface area contributed by atoms with Crippen molar-refractivity contribution in [1.29, 1.82) is 0 Å². The molecule has 4 rings (SSSR count). The average molecular weight is 445 g/mol. The zero-order valence-corrected chi connectivity index (χ0v) is 19.7. The number of benzene rings is 2. The molecule has 2 heterocycles. The molecule has 0 saturated heterocycles. The lowest BCUT2D eigenvalue weighted by molar-refractivity contribution is -0.121. The van der Waals surface area contributed by atoms with E-state index >= 15 is 0 Å². The van der Waals surface area contributed by atoms with Gasteiger partial charge in [0, 0.05) is 37.7 Å². The molecule has 3 aromatic rings. The molecule has 1 N–H and O–H groups in total. The molecule has 0 atom stereocenters. The number of nitrogens with one attached hydrogen (secondary N) is 1. The van der Waals surface area contributed by atoms with E-state index in [4.69, 9.17) is 4.98 Å². The Kier molecular flexibility index (Phi) is 7.04. The number of hydrogen-bond acceptors (Lipinski definition) is 4. The maximum Gasteiger partial charge on any atom is 0.257 e. The normalized spacial score (nSPS) is 13.7. The summed E-state index contributed by atoms with van der Waals surface area (Å²) in [6.45, 7) is 8.79. The number of aryl methyl sites for hydroxylation is 1. The number of nitrogens with zero attached hydrogens (tertiary/aromatic N) is 3. The second kappa shape index (κ2) is 10.1. The van der Waals surface area contributed by atoms with E-state index in [1.54, 1.807) is 4.57 Å². The van der Waals surface area contributed by atoms with Gasteiger partial charge in [-0.3, -0.25) is 19.1 Å². The van der Waals surface area contributed by atoms with Gasteiger partial charge in [0.1, 0.15) is 12.4 Å². The Labute approximate surface area is 195 Å². The summed E-state index contributed by atoms with van der Waals surface area (Å²) < 4.78 is 1.57. The molecule has 0 unspecified atom stereocenters. The Hall–Kier alpha value is -3.25. The van der Waals surface area contributed by atoms with Crippen LogP contribution in [0, 0.1) is 6.92 Å². The van der Waals surface area contributed by atoms with E-state index in [1.165, 1.54) is 11.1 Å².